The molecule has 118 valence electrons. The second-order valence-electron chi connectivity index (χ2n) is 4.98. The molecule has 1 aliphatic heterocycles. The maximum atomic E-state index is 13.5. The zero-order valence-corrected chi connectivity index (χ0v) is 12.5. The number of ether oxygens (including phenoxy) is 2. The van der Waals surface area contributed by atoms with Gasteiger partial charge in [-0.25, -0.2) is 9.82 Å². The number of hydrogen-bond acceptors (Lipinski definition) is 4. The lowest BCUT2D eigenvalue weighted by Crippen LogP contribution is -2.20. The summed E-state index contributed by atoms with van der Waals surface area (Å²) in [5.41, 5.74) is 3.66. The Labute approximate surface area is 132 Å². The fraction of sp³-hybridized carbons (Fsp3) is 0.176. The first-order valence-electron chi connectivity index (χ1n) is 7.14. The van der Waals surface area contributed by atoms with Crippen molar-refractivity contribution in [1.82, 2.24) is 5.43 Å². The van der Waals surface area contributed by atoms with Gasteiger partial charge in [0.15, 0.2) is 11.5 Å². The lowest BCUT2D eigenvalue weighted by Gasteiger charge is -2.18. The number of hydrogen-bond donors (Lipinski definition) is 1. The Morgan fingerprint density at radius 1 is 1.13 bits per heavy atom. The molecule has 3 rings (SSSR count). The van der Waals surface area contributed by atoms with Crippen LogP contribution in [0.25, 0.3) is 0 Å². The summed E-state index contributed by atoms with van der Waals surface area (Å²) in [6, 6.07) is 11.2. The van der Waals surface area contributed by atoms with Crippen LogP contribution >= 0.6 is 0 Å². The number of hydrazone groups is 1. The van der Waals surface area contributed by atoms with E-state index in [-0.39, 0.29) is 5.56 Å². The van der Waals surface area contributed by atoms with E-state index in [4.69, 9.17) is 9.47 Å². The van der Waals surface area contributed by atoms with Crippen molar-refractivity contribution in [3.05, 3.63) is 59.4 Å². The molecule has 1 heterocycles. The van der Waals surface area contributed by atoms with E-state index in [9.17, 15) is 9.18 Å². The highest BCUT2D eigenvalue weighted by molar-refractivity contribution is 6.01. The van der Waals surface area contributed by atoms with Crippen molar-refractivity contribution in [1.29, 1.82) is 0 Å². The Balaban J connectivity index is 1.75. The van der Waals surface area contributed by atoms with Crippen molar-refractivity contribution >= 4 is 11.6 Å². The molecule has 2 aromatic carbocycles. The smallest absolute Gasteiger partial charge is 0.274 e. The maximum Gasteiger partial charge on any atom is 0.274 e. The van der Waals surface area contributed by atoms with Crippen LogP contribution in [-0.2, 0) is 0 Å². The number of rotatable bonds is 3. The minimum Gasteiger partial charge on any atom is -0.486 e. The predicted octanol–water partition coefficient (Wildman–Crippen LogP) is 2.75. The first kappa shape index (κ1) is 15.0. The summed E-state index contributed by atoms with van der Waals surface area (Å²) in [5.74, 6) is 0.143. The summed E-state index contributed by atoms with van der Waals surface area (Å²) in [6.07, 6.45) is 0. The fourth-order valence-electron chi connectivity index (χ4n) is 2.17. The number of halogens is 1. The molecule has 1 amide bonds. The zero-order valence-electron chi connectivity index (χ0n) is 12.5. The van der Waals surface area contributed by atoms with E-state index in [1.165, 1.54) is 18.2 Å². The Morgan fingerprint density at radius 3 is 2.65 bits per heavy atom. The summed E-state index contributed by atoms with van der Waals surface area (Å²) >= 11 is 0. The molecule has 1 N–H and O–H groups in total. The SMILES string of the molecule is C/C(=N/NC(=O)c1ccccc1F)c1ccc2c(c1)OCCO2. The zero-order chi connectivity index (χ0) is 16.2. The number of nitrogens with one attached hydrogen (secondary N) is 1. The van der Waals surface area contributed by atoms with Gasteiger partial charge in [0.05, 0.1) is 11.3 Å². The minimum absolute atomic E-state index is 0.0498. The molecule has 23 heavy (non-hydrogen) atoms. The number of carbonyl (C=O) groups excluding carboxylic acids is 1. The summed E-state index contributed by atoms with van der Waals surface area (Å²) in [4.78, 5) is 11.9. The van der Waals surface area contributed by atoms with Gasteiger partial charge in [0.25, 0.3) is 5.91 Å². The highest BCUT2D eigenvalue weighted by atomic mass is 19.1. The average molecular weight is 314 g/mol. The molecule has 2 aromatic rings. The van der Waals surface area contributed by atoms with Gasteiger partial charge in [-0.2, -0.15) is 5.10 Å². The van der Waals surface area contributed by atoms with Crippen LogP contribution in [0.5, 0.6) is 11.5 Å². The van der Waals surface area contributed by atoms with E-state index in [0.29, 0.717) is 30.4 Å². The number of carbonyl (C=O) groups is 1. The Morgan fingerprint density at radius 2 is 1.87 bits per heavy atom. The van der Waals surface area contributed by atoms with E-state index >= 15 is 0 Å². The van der Waals surface area contributed by atoms with E-state index in [2.05, 4.69) is 10.5 Å². The molecule has 0 atom stereocenters. The van der Waals surface area contributed by atoms with Gasteiger partial charge < -0.3 is 9.47 Å². The quantitative estimate of drug-likeness (QED) is 0.700. The van der Waals surface area contributed by atoms with Crippen LogP contribution in [-0.4, -0.2) is 24.8 Å². The Hall–Kier alpha value is -2.89. The highest BCUT2D eigenvalue weighted by Gasteiger charge is 2.13. The van der Waals surface area contributed by atoms with Gasteiger partial charge in [0.2, 0.25) is 0 Å². The first-order chi connectivity index (χ1) is 11.1. The average Bonchev–Trinajstić information content (AvgIpc) is 2.59. The number of fused-ring (bicyclic) bond motifs is 1. The number of nitrogens with zero attached hydrogens (tertiary/aromatic N) is 1. The molecule has 0 aliphatic carbocycles. The van der Waals surface area contributed by atoms with Crippen molar-refractivity contribution in [2.45, 2.75) is 6.92 Å². The van der Waals surface area contributed by atoms with Crippen molar-refractivity contribution in [3.8, 4) is 11.5 Å². The molecule has 0 saturated carbocycles. The van der Waals surface area contributed by atoms with Gasteiger partial charge in [-0.3, -0.25) is 4.79 Å². The van der Waals surface area contributed by atoms with E-state index in [0.717, 1.165) is 5.56 Å². The Bertz CT molecular complexity index is 774. The fourth-order valence-corrected chi connectivity index (χ4v) is 2.17. The van der Waals surface area contributed by atoms with Gasteiger partial charge in [0.1, 0.15) is 19.0 Å². The van der Waals surface area contributed by atoms with Gasteiger partial charge >= 0.3 is 0 Å². The molecule has 0 bridgehead atoms. The second-order valence-corrected chi connectivity index (χ2v) is 4.98. The third kappa shape index (κ3) is 3.31. The van der Waals surface area contributed by atoms with Gasteiger partial charge in [-0.05, 0) is 37.3 Å². The van der Waals surface area contributed by atoms with Crippen LogP contribution in [0.4, 0.5) is 4.39 Å². The summed E-state index contributed by atoms with van der Waals surface area (Å²) in [7, 11) is 0. The summed E-state index contributed by atoms with van der Waals surface area (Å²) in [5, 5.41) is 4.01. The normalized spacial score (nSPS) is 13.6. The number of benzene rings is 2. The third-order valence-corrected chi connectivity index (χ3v) is 3.40. The standard InChI is InChI=1S/C17H15FN2O3/c1-11(12-6-7-15-16(10-12)23-9-8-22-15)19-20-17(21)13-4-2-3-5-14(13)18/h2-7,10H,8-9H2,1H3,(H,20,21)/b19-11-. The first-order valence-corrected chi connectivity index (χ1v) is 7.14. The van der Waals surface area contributed by atoms with E-state index in [1.54, 1.807) is 25.1 Å². The number of amides is 1. The van der Waals surface area contributed by atoms with E-state index < -0.39 is 11.7 Å². The van der Waals surface area contributed by atoms with Crippen LogP contribution in [0.3, 0.4) is 0 Å². The van der Waals surface area contributed by atoms with Gasteiger partial charge in [0, 0.05) is 5.56 Å². The monoisotopic (exact) mass is 314 g/mol. The van der Waals surface area contributed by atoms with Crippen LogP contribution in [0, 0.1) is 5.82 Å². The lowest BCUT2D eigenvalue weighted by atomic mass is 10.1. The van der Waals surface area contributed by atoms with Crippen LogP contribution in [0.1, 0.15) is 22.8 Å². The molecule has 0 saturated heterocycles. The molecule has 1 aliphatic rings. The molecule has 0 radical (unpaired) electrons. The highest BCUT2D eigenvalue weighted by Crippen LogP contribution is 2.30. The lowest BCUT2D eigenvalue weighted by molar-refractivity contribution is 0.0951. The Kier molecular flexibility index (Phi) is 4.23. The van der Waals surface area contributed by atoms with Crippen molar-refractivity contribution in [2.75, 3.05) is 13.2 Å². The van der Waals surface area contributed by atoms with Gasteiger partial charge in [-0.15, -0.1) is 0 Å². The topological polar surface area (TPSA) is 59.9 Å². The molecule has 0 unspecified atom stereocenters. The van der Waals surface area contributed by atoms with Crippen molar-refractivity contribution in [3.63, 3.8) is 0 Å². The van der Waals surface area contributed by atoms with Crippen molar-refractivity contribution in [2.24, 2.45) is 5.10 Å². The molecule has 0 aromatic heterocycles. The van der Waals surface area contributed by atoms with E-state index in [1.807, 2.05) is 6.07 Å². The van der Waals surface area contributed by atoms with Crippen LogP contribution < -0.4 is 14.9 Å². The summed E-state index contributed by atoms with van der Waals surface area (Å²) in [6.45, 7) is 2.77. The van der Waals surface area contributed by atoms with Gasteiger partial charge in [-0.1, -0.05) is 12.1 Å². The van der Waals surface area contributed by atoms with Crippen molar-refractivity contribution < 1.29 is 18.7 Å². The molecule has 6 heteroatoms. The second kappa shape index (κ2) is 6.48. The molecular formula is C17H15FN2O3. The summed E-state index contributed by atoms with van der Waals surface area (Å²) < 4.78 is 24.5. The maximum absolute atomic E-state index is 13.5. The molecule has 5 nitrogen and oxygen atoms in total. The largest absolute Gasteiger partial charge is 0.486 e. The van der Waals surface area contributed by atoms with Crippen LogP contribution in [0.2, 0.25) is 0 Å². The molecule has 0 fully saturated rings. The molecular weight excluding hydrogens is 299 g/mol. The molecule has 0 spiro atoms. The third-order valence-electron chi connectivity index (χ3n) is 3.40. The van der Waals surface area contributed by atoms with Crippen LogP contribution in [0.15, 0.2) is 47.6 Å². The minimum atomic E-state index is -0.597. The predicted molar refractivity (Wildman–Crippen MR) is 83.5 cm³/mol.